The van der Waals surface area contributed by atoms with E-state index in [0.29, 0.717) is 6.54 Å². The van der Waals surface area contributed by atoms with E-state index in [1.165, 1.54) is 28.3 Å². The molecule has 150 valence electrons. The second-order valence-electron chi connectivity index (χ2n) is 6.71. The van der Waals surface area contributed by atoms with Crippen LogP contribution in [0.2, 0.25) is 0 Å². The number of hydrazine groups is 1. The van der Waals surface area contributed by atoms with Crippen LogP contribution in [0, 0.1) is 0 Å². The quantitative estimate of drug-likeness (QED) is 0.357. The van der Waals surface area contributed by atoms with Gasteiger partial charge in [-0.05, 0) is 60.5 Å². The molecule has 4 N–H and O–H groups in total. The fourth-order valence-corrected chi connectivity index (χ4v) is 3.85. The number of anilines is 1. The first-order chi connectivity index (χ1) is 13.7. The van der Waals surface area contributed by atoms with Crippen LogP contribution in [0.15, 0.2) is 55.1 Å². The number of nitrogens with zero attached hydrogens (tertiary/aromatic N) is 2. The number of carbonyl (C=O) groups excluding carboxylic acids is 1. The molecule has 0 spiro atoms. The summed E-state index contributed by atoms with van der Waals surface area (Å²) in [5.74, 6) is 7.98. The largest absolute Gasteiger partial charge is 0.309 e. The van der Waals surface area contributed by atoms with Gasteiger partial charge in [0, 0.05) is 18.7 Å². The van der Waals surface area contributed by atoms with E-state index in [9.17, 15) is 4.79 Å². The normalized spacial score (nSPS) is 11.3. The number of benzene rings is 2. The van der Waals surface area contributed by atoms with Crippen LogP contribution in [0.25, 0.3) is 11.1 Å². The van der Waals surface area contributed by atoms with Crippen molar-refractivity contribution in [1.82, 2.24) is 4.90 Å². The van der Waals surface area contributed by atoms with Gasteiger partial charge in [0.1, 0.15) is 0 Å². The molecule has 0 saturated heterocycles. The summed E-state index contributed by atoms with van der Waals surface area (Å²) < 4.78 is 0. The van der Waals surface area contributed by atoms with Crippen molar-refractivity contribution in [2.45, 2.75) is 26.7 Å². The van der Waals surface area contributed by atoms with Gasteiger partial charge in [0.25, 0.3) is 0 Å². The number of amides is 1. The lowest BCUT2D eigenvalue weighted by atomic mass is 10.0. The van der Waals surface area contributed by atoms with E-state index in [2.05, 4.69) is 79.5 Å². The molecule has 0 aliphatic heterocycles. The molecular weight excluding hydrogens is 348 g/mol. The van der Waals surface area contributed by atoms with Crippen LogP contribution < -0.4 is 16.6 Å². The topological polar surface area (TPSA) is 75.6 Å². The van der Waals surface area contributed by atoms with Crippen molar-refractivity contribution < 1.29 is 4.79 Å². The molecule has 0 fully saturated rings. The summed E-state index contributed by atoms with van der Waals surface area (Å²) in [7, 11) is 0. The van der Waals surface area contributed by atoms with E-state index >= 15 is 0 Å². The van der Waals surface area contributed by atoms with Gasteiger partial charge < -0.3 is 9.80 Å². The summed E-state index contributed by atoms with van der Waals surface area (Å²) in [6.45, 7) is 11.9. The first kappa shape index (κ1) is 21.8. The molecule has 0 unspecified atom stereocenters. The summed E-state index contributed by atoms with van der Waals surface area (Å²) in [5.41, 5.74) is 6.17. The van der Waals surface area contributed by atoms with Crippen molar-refractivity contribution >= 4 is 11.6 Å². The second kappa shape index (κ2) is 10.8. The third kappa shape index (κ3) is 4.68. The minimum Gasteiger partial charge on any atom is -0.309 e. The van der Waals surface area contributed by atoms with Gasteiger partial charge in [0.2, 0.25) is 5.91 Å². The Morgan fingerprint density at radius 3 is 2.39 bits per heavy atom. The molecule has 0 aromatic heterocycles. The third-order valence-corrected chi connectivity index (χ3v) is 5.31. The molecule has 1 aliphatic rings. The molecule has 0 saturated carbocycles. The van der Waals surface area contributed by atoms with E-state index in [1.54, 1.807) is 0 Å². The number of carbonyl (C=O) groups is 1. The van der Waals surface area contributed by atoms with Crippen molar-refractivity contribution in [3.8, 4) is 11.1 Å². The van der Waals surface area contributed by atoms with Crippen LogP contribution in [0.5, 0.6) is 0 Å². The molecule has 1 amide bonds. The van der Waals surface area contributed by atoms with Crippen molar-refractivity contribution in [3.05, 3.63) is 66.2 Å². The standard InChI is InChI=1S/C23H28N2O.H4N2/c1-4-23(26)25(16-10-15-24(5-2)6-3)22-14-9-13-20-19-12-8-7-11-18(19)17-21(20)22;1-2/h4,7-9,11-14H,1,5-6,10,15-17H2,2-3H3;1-2H2. The van der Waals surface area contributed by atoms with Crippen molar-refractivity contribution in [2.24, 2.45) is 11.7 Å². The third-order valence-electron chi connectivity index (χ3n) is 5.31. The molecule has 1 aliphatic carbocycles. The van der Waals surface area contributed by atoms with Gasteiger partial charge in [-0.25, -0.2) is 0 Å². The highest BCUT2D eigenvalue weighted by molar-refractivity contribution is 6.02. The van der Waals surface area contributed by atoms with E-state index in [1.807, 2.05) is 4.90 Å². The minimum atomic E-state index is -0.0195. The van der Waals surface area contributed by atoms with E-state index in [-0.39, 0.29) is 5.91 Å². The zero-order valence-corrected chi connectivity index (χ0v) is 17.0. The zero-order chi connectivity index (χ0) is 20.5. The Morgan fingerprint density at radius 2 is 1.71 bits per heavy atom. The molecule has 0 bridgehead atoms. The molecule has 2 aromatic rings. The van der Waals surface area contributed by atoms with E-state index in [4.69, 9.17) is 0 Å². The molecule has 5 heteroatoms. The molecule has 0 heterocycles. The van der Waals surface area contributed by atoms with Gasteiger partial charge in [0.05, 0.1) is 0 Å². The molecular formula is C23H32N4O. The maximum atomic E-state index is 12.6. The van der Waals surface area contributed by atoms with Crippen LogP contribution in [0.3, 0.4) is 0 Å². The summed E-state index contributed by atoms with van der Waals surface area (Å²) in [4.78, 5) is 16.9. The highest BCUT2D eigenvalue weighted by atomic mass is 16.2. The lowest BCUT2D eigenvalue weighted by Crippen LogP contribution is -2.34. The van der Waals surface area contributed by atoms with Crippen LogP contribution in [0.4, 0.5) is 5.69 Å². The summed E-state index contributed by atoms with van der Waals surface area (Å²) >= 11 is 0. The van der Waals surface area contributed by atoms with Crippen molar-refractivity contribution in [2.75, 3.05) is 31.1 Å². The summed E-state index contributed by atoms with van der Waals surface area (Å²) in [5, 5.41) is 0. The van der Waals surface area contributed by atoms with Crippen molar-refractivity contribution in [3.63, 3.8) is 0 Å². The van der Waals surface area contributed by atoms with Gasteiger partial charge in [-0.2, -0.15) is 0 Å². The molecule has 5 nitrogen and oxygen atoms in total. The summed E-state index contributed by atoms with van der Waals surface area (Å²) in [6, 6.07) is 14.8. The predicted molar refractivity (Wildman–Crippen MR) is 118 cm³/mol. The molecule has 2 aromatic carbocycles. The zero-order valence-electron chi connectivity index (χ0n) is 17.0. The maximum absolute atomic E-state index is 12.6. The monoisotopic (exact) mass is 380 g/mol. The first-order valence-electron chi connectivity index (χ1n) is 9.89. The highest BCUT2D eigenvalue weighted by Crippen LogP contribution is 2.41. The average Bonchev–Trinajstić information content (AvgIpc) is 3.14. The fourth-order valence-electron chi connectivity index (χ4n) is 3.85. The predicted octanol–water partition coefficient (Wildman–Crippen LogP) is 3.33. The summed E-state index contributed by atoms with van der Waals surface area (Å²) in [6.07, 6.45) is 3.27. The SMILES string of the molecule is C=CC(=O)N(CCCN(CC)CC)c1cccc2c1Cc1ccccc1-2.NN. The Bertz CT molecular complexity index is 799. The Labute approximate surface area is 168 Å². The van der Waals surface area contributed by atoms with E-state index < -0.39 is 0 Å². The van der Waals surface area contributed by atoms with Crippen LogP contribution in [-0.2, 0) is 11.2 Å². The van der Waals surface area contributed by atoms with Gasteiger partial charge in [0.15, 0.2) is 0 Å². The minimum absolute atomic E-state index is 0.0195. The average molecular weight is 381 g/mol. The van der Waals surface area contributed by atoms with Crippen LogP contribution in [0.1, 0.15) is 31.4 Å². The second-order valence-corrected chi connectivity index (χ2v) is 6.71. The lowest BCUT2D eigenvalue weighted by molar-refractivity contribution is -0.114. The number of fused-ring (bicyclic) bond motifs is 3. The smallest absolute Gasteiger partial charge is 0.250 e. The van der Waals surface area contributed by atoms with Gasteiger partial charge in [-0.15, -0.1) is 0 Å². The first-order valence-corrected chi connectivity index (χ1v) is 9.89. The lowest BCUT2D eigenvalue weighted by Gasteiger charge is -2.26. The van der Waals surface area contributed by atoms with Gasteiger partial charge >= 0.3 is 0 Å². The molecule has 0 atom stereocenters. The number of rotatable bonds is 8. The number of nitrogens with two attached hydrogens (primary N) is 2. The Hall–Kier alpha value is -2.47. The molecule has 3 rings (SSSR count). The molecule has 0 radical (unpaired) electrons. The Balaban J connectivity index is 0.00000136. The number of hydrogen-bond acceptors (Lipinski definition) is 4. The van der Waals surface area contributed by atoms with Crippen LogP contribution in [-0.4, -0.2) is 37.0 Å². The molecule has 28 heavy (non-hydrogen) atoms. The van der Waals surface area contributed by atoms with Gasteiger partial charge in [-0.3, -0.25) is 16.5 Å². The number of hydrogen-bond donors (Lipinski definition) is 2. The maximum Gasteiger partial charge on any atom is 0.250 e. The Kier molecular flexibility index (Phi) is 8.39. The van der Waals surface area contributed by atoms with Crippen molar-refractivity contribution in [1.29, 1.82) is 0 Å². The highest BCUT2D eigenvalue weighted by Gasteiger charge is 2.24. The van der Waals surface area contributed by atoms with Crippen LogP contribution >= 0.6 is 0 Å². The van der Waals surface area contributed by atoms with E-state index in [0.717, 1.165) is 38.2 Å². The fraction of sp³-hybridized carbons (Fsp3) is 0.348. The Morgan fingerprint density at radius 1 is 1.04 bits per heavy atom. The van der Waals surface area contributed by atoms with Gasteiger partial charge in [-0.1, -0.05) is 56.8 Å².